The van der Waals surface area contributed by atoms with Gasteiger partial charge in [0.15, 0.2) is 0 Å². The van der Waals surface area contributed by atoms with Gasteiger partial charge in [-0.25, -0.2) is 8.42 Å². The molecule has 0 aliphatic heterocycles. The molecule has 7 nitrogen and oxygen atoms in total. The van der Waals surface area contributed by atoms with Crippen molar-refractivity contribution in [3.8, 4) is 0 Å². The van der Waals surface area contributed by atoms with Crippen LogP contribution in [0.5, 0.6) is 0 Å². The number of carboxylic acids is 2. The lowest BCUT2D eigenvalue weighted by Crippen LogP contribution is -2.42. The van der Waals surface area contributed by atoms with E-state index in [4.69, 9.17) is 21.8 Å². The molecule has 0 fully saturated rings. The SMILES string of the molecule is O=C(O)C[C@@H](NS(=O)(=O)c1cccc(Cl)c1)C(=O)O. The van der Waals surface area contributed by atoms with Crippen LogP contribution >= 0.6 is 11.6 Å². The van der Waals surface area contributed by atoms with Crippen LogP contribution in [0.3, 0.4) is 0 Å². The molecule has 104 valence electrons. The van der Waals surface area contributed by atoms with E-state index in [1.807, 2.05) is 0 Å². The van der Waals surface area contributed by atoms with Crippen LogP contribution < -0.4 is 4.72 Å². The van der Waals surface area contributed by atoms with Crippen molar-refractivity contribution in [1.29, 1.82) is 0 Å². The first-order valence-corrected chi connectivity index (χ1v) is 6.81. The number of rotatable bonds is 6. The fourth-order valence-corrected chi connectivity index (χ4v) is 2.73. The molecule has 3 N–H and O–H groups in total. The average Bonchev–Trinajstić information content (AvgIpc) is 2.27. The summed E-state index contributed by atoms with van der Waals surface area (Å²) in [5.41, 5.74) is 0. The fourth-order valence-electron chi connectivity index (χ4n) is 1.24. The molecule has 0 aromatic heterocycles. The van der Waals surface area contributed by atoms with Crippen molar-refractivity contribution in [1.82, 2.24) is 4.72 Å². The van der Waals surface area contributed by atoms with Crippen molar-refractivity contribution in [2.24, 2.45) is 0 Å². The summed E-state index contributed by atoms with van der Waals surface area (Å²) in [6.07, 6.45) is -0.866. The van der Waals surface area contributed by atoms with Crippen molar-refractivity contribution in [2.75, 3.05) is 0 Å². The van der Waals surface area contributed by atoms with Crippen LogP contribution in [0, 0.1) is 0 Å². The zero-order chi connectivity index (χ0) is 14.6. The molecule has 0 aliphatic rings. The Morgan fingerprint density at radius 2 is 1.95 bits per heavy atom. The van der Waals surface area contributed by atoms with Crippen molar-refractivity contribution in [2.45, 2.75) is 17.4 Å². The number of nitrogens with one attached hydrogen (secondary N) is 1. The maximum atomic E-state index is 11.9. The molecule has 0 unspecified atom stereocenters. The number of benzene rings is 1. The van der Waals surface area contributed by atoms with E-state index in [0.717, 1.165) is 6.07 Å². The second kappa shape index (κ2) is 6.00. The lowest BCUT2D eigenvalue weighted by Gasteiger charge is -2.12. The van der Waals surface area contributed by atoms with Gasteiger partial charge in [0.05, 0.1) is 11.3 Å². The second-order valence-corrected chi connectivity index (χ2v) is 5.72. The van der Waals surface area contributed by atoms with Crippen LogP contribution in [0.1, 0.15) is 6.42 Å². The molecular weight excluding hydrogens is 298 g/mol. The number of aliphatic carboxylic acids is 2. The highest BCUT2D eigenvalue weighted by molar-refractivity contribution is 7.89. The third kappa shape index (κ3) is 4.51. The highest BCUT2D eigenvalue weighted by Gasteiger charge is 2.27. The molecule has 0 saturated carbocycles. The smallest absolute Gasteiger partial charge is 0.322 e. The minimum Gasteiger partial charge on any atom is -0.481 e. The summed E-state index contributed by atoms with van der Waals surface area (Å²) >= 11 is 5.63. The predicted molar refractivity (Wildman–Crippen MR) is 65.5 cm³/mol. The number of hydrogen-bond donors (Lipinski definition) is 3. The molecule has 1 rings (SSSR count). The van der Waals surface area contributed by atoms with Gasteiger partial charge in [0.1, 0.15) is 6.04 Å². The summed E-state index contributed by atoms with van der Waals surface area (Å²) in [5, 5.41) is 17.5. The van der Waals surface area contributed by atoms with E-state index in [1.54, 1.807) is 4.72 Å². The van der Waals surface area contributed by atoms with Crippen molar-refractivity contribution in [3.05, 3.63) is 29.3 Å². The first-order chi connectivity index (χ1) is 8.72. The zero-order valence-electron chi connectivity index (χ0n) is 9.41. The zero-order valence-corrected chi connectivity index (χ0v) is 11.0. The molecule has 0 radical (unpaired) electrons. The Kier molecular flexibility index (Phi) is 4.87. The van der Waals surface area contributed by atoms with Crippen LogP contribution in [0.4, 0.5) is 0 Å². The van der Waals surface area contributed by atoms with Gasteiger partial charge in [-0.3, -0.25) is 9.59 Å². The van der Waals surface area contributed by atoms with Crippen molar-refractivity contribution >= 4 is 33.6 Å². The van der Waals surface area contributed by atoms with E-state index in [1.165, 1.54) is 18.2 Å². The number of halogens is 1. The van der Waals surface area contributed by atoms with Crippen LogP contribution in [0.2, 0.25) is 5.02 Å². The second-order valence-electron chi connectivity index (χ2n) is 3.57. The minimum atomic E-state index is -4.15. The highest BCUT2D eigenvalue weighted by atomic mass is 35.5. The molecule has 1 atom stereocenters. The van der Waals surface area contributed by atoms with Gasteiger partial charge in [0, 0.05) is 5.02 Å². The Morgan fingerprint density at radius 3 is 2.42 bits per heavy atom. The van der Waals surface area contributed by atoms with Gasteiger partial charge in [-0.2, -0.15) is 4.72 Å². The predicted octanol–water partition coefficient (Wildman–Crippen LogP) is 0.546. The van der Waals surface area contributed by atoms with Crippen LogP contribution in [-0.2, 0) is 19.6 Å². The van der Waals surface area contributed by atoms with Gasteiger partial charge in [0.2, 0.25) is 10.0 Å². The molecular formula is C10H10ClNO6S. The topological polar surface area (TPSA) is 121 Å². The Balaban J connectivity index is 3.00. The lowest BCUT2D eigenvalue weighted by molar-refractivity contribution is -0.145. The molecule has 0 saturated heterocycles. The van der Waals surface area contributed by atoms with E-state index in [-0.39, 0.29) is 9.92 Å². The molecule has 1 aromatic carbocycles. The molecule has 19 heavy (non-hydrogen) atoms. The Hall–Kier alpha value is -1.64. The Bertz CT molecular complexity index is 600. The number of hydrogen-bond acceptors (Lipinski definition) is 4. The van der Waals surface area contributed by atoms with Gasteiger partial charge in [-0.1, -0.05) is 17.7 Å². The monoisotopic (exact) mass is 307 g/mol. The third-order valence-electron chi connectivity index (χ3n) is 2.08. The van der Waals surface area contributed by atoms with E-state index >= 15 is 0 Å². The quantitative estimate of drug-likeness (QED) is 0.705. The molecule has 0 spiro atoms. The fraction of sp³-hybridized carbons (Fsp3) is 0.200. The number of carbonyl (C=O) groups is 2. The van der Waals surface area contributed by atoms with Crippen LogP contribution in [0.15, 0.2) is 29.2 Å². The van der Waals surface area contributed by atoms with E-state index in [0.29, 0.717) is 0 Å². The third-order valence-corrected chi connectivity index (χ3v) is 3.79. The van der Waals surface area contributed by atoms with Crippen LogP contribution in [0.25, 0.3) is 0 Å². The summed E-state index contributed by atoms with van der Waals surface area (Å²) in [4.78, 5) is 21.0. The standard InChI is InChI=1S/C10H10ClNO6S/c11-6-2-1-3-7(4-6)19(17,18)12-8(10(15)16)5-9(13)14/h1-4,8,12H,5H2,(H,13,14)(H,15,16)/t8-/m1/s1. The molecule has 0 amide bonds. The molecule has 0 heterocycles. The first-order valence-electron chi connectivity index (χ1n) is 4.95. The normalized spacial score (nSPS) is 12.9. The molecule has 9 heteroatoms. The average molecular weight is 308 g/mol. The molecule has 0 bridgehead atoms. The summed E-state index contributed by atoms with van der Waals surface area (Å²) < 4.78 is 25.5. The van der Waals surface area contributed by atoms with Crippen LogP contribution in [-0.4, -0.2) is 36.6 Å². The van der Waals surface area contributed by atoms with Gasteiger partial charge in [-0.05, 0) is 18.2 Å². The Labute approximate surface area is 113 Å². The minimum absolute atomic E-state index is 0.160. The lowest BCUT2D eigenvalue weighted by atomic mass is 10.2. The van der Waals surface area contributed by atoms with E-state index in [9.17, 15) is 18.0 Å². The maximum absolute atomic E-state index is 11.9. The van der Waals surface area contributed by atoms with Gasteiger partial charge >= 0.3 is 11.9 Å². The maximum Gasteiger partial charge on any atom is 0.322 e. The van der Waals surface area contributed by atoms with Gasteiger partial charge < -0.3 is 10.2 Å². The number of carboxylic acid groups (broad SMARTS) is 2. The summed E-state index contributed by atoms with van der Waals surface area (Å²) in [7, 11) is -4.15. The number of sulfonamides is 1. The van der Waals surface area contributed by atoms with E-state index < -0.39 is 34.4 Å². The van der Waals surface area contributed by atoms with Gasteiger partial charge in [0.25, 0.3) is 0 Å². The summed E-state index contributed by atoms with van der Waals surface area (Å²) in [5.74, 6) is -3.01. The first kappa shape index (κ1) is 15.4. The van der Waals surface area contributed by atoms with Crippen molar-refractivity contribution < 1.29 is 28.2 Å². The van der Waals surface area contributed by atoms with Gasteiger partial charge in [-0.15, -0.1) is 0 Å². The van der Waals surface area contributed by atoms with Crippen molar-refractivity contribution in [3.63, 3.8) is 0 Å². The molecule has 0 aliphatic carbocycles. The molecule has 1 aromatic rings. The summed E-state index contributed by atoms with van der Waals surface area (Å²) in [6, 6.07) is 3.43. The summed E-state index contributed by atoms with van der Waals surface area (Å²) in [6.45, 7) is 0. The Morgan fingerprint density at radius 1 is 1.32 bits per heavy atom. The van der Waals surface area contributed by atoms with E-state index in [2.05, 4.69) is 0 Å². The highest BCUT2D eigenvalue weighted by Crippen LogP contribution is 2.15. The largest absolute Gasteiger partial charge is 0.481 e.